The van der Waals surface area contributed by atoms with E-state index in [-0.39, 0.29) is 6.42 Å². The molecule has 2 atom stereocenters. The average Bonchev–Trinajstić information content (AvgIpc) is 2.92. The molecule has 0 aliphatic rings. The number of amides is 1. The molecule has 0 aliphatic carbocycles. The Morgan fingerprint density at radius 2 is 1.69 bits per heavy atom. The van der Waals surface area contributed by atoms with Crippen LogP contribution in [0, 0.1) is 0 Å². The molecule has 0 spiro atoms. The third-order valence-corrected chi connectivity index (χ3v) is 3.99. The summed E-state index contributed by atoms with van der Waals surface area (Å²) in [6.45, 7) is 10.6. The van der Waals surface area contributed by atoms with Gasteiger partial charge in [0.2, 0.25) is 0 Å². The van der Waals surface area contributed by atoms with Gasteiger partial charge < -0.3 is 24.9 Å². The third-order valence-electron chi connectivity index (χ3n) is 3.99. The van der Waals surface area contributed by atoms with E-state index < -0.39 is 35.4 Å². The molecule has 3 N–H and O–H groups in total. The summed E-state index contributed by atoms with van der Waals surface area (Å²) in [6, 6.07) is 9.02. The van der Waals surface area contributed by atoms with Crippen molar-refractivity contribution in [2.45, 2.75) is 77.7 Å². The molecule has 1 amide bonds. The van der Waals surface area contributed by atoms with Crippen molar-refractivity contribution in [3.8, 4) is 0 Å². The molecule has 0 unspecified atom stereocenters. The van der Waals surface area contributed by atoms with Crippen LogP contribution in [0.4, 0.5) is 4.79 Å². The molecule has 7 nitrogen and oxygen atoms in total. The number of para-hydroxylation sites is 1. The molecule has 7 heteroatoms. The second-order valence-corrected chi connectivity index (χ2v) is 9.20. The SMILES string of the molecule is CC(C)(C)OC(=O)C[C@H](O)[C@H](Cc1cc2ccccc2[nH]1)NC(=O)OC(C)(C)C. The first kappa shape index (κ1) is 22.7. The number of carbonyl (C=O) groups is 2. The van der Waals surface area contributed by atoms with Gasteiger partial charge in [0.15, 0.2) is 0 Å². The van der Waals surface area contributed by atoms with E-state index in [4.69, 9.17) is 9.47 Å². The minimum absolute atomic E-state index is 0.238. The minimum Gasteiger partial charge on any atom is -0.460 e. The van der Waals surface area contributed by atoms with E-state index in [0.29, 0.717) is 6.42 Å². The highest BCUT2D eigenvalue weighted by atomic mass is 16.6. The minimum atomic E-state index is -1.14. The number of aliphatic hydroxyl groups is 1. The second-order valence-electron chi connectivity index (χ2n) is 9.20. The van der Waals surface area contributed by atoms with E-state index in [9.17, 15) is 14.7 Å². The molecule has 0 radical (unpaired) electrons. The van der Waals surface area contributed by atoms with Gasteiger partial charge in [0, 0.05) is 17.6 Å². The zero-order valence-electron chi connectivity index (χ0n) is 18.0. The van der Waals surface area contributed by atoms with Crippen LogP contribution in [0.5, 0.6) is 0 Å². The van der Waals surface area contributed by atoms with E-state index in [1.165, 1.54) is 0 Å². The number of esters is 1. The van der Waals surface area contributed by atoms with Gasteiger partial charge in [-0.25, -0.2) is 4.79 Å². The lowest BCUT2D eigenvalue weighted by Gasteiger charge is -2.27. The predicted molar refractivity (Wildman–Crippen MR) is 112 cm³/mol. The van der Waals surface area contributed by atoms with Crippen LogP contribution in [0.3, 0.4) is 0 Å². The standard InChI is InChI=1S/C22H32N2O5/c1-21(2,3)28-19(26)13-18(25)17(24-20(27)29-22(4,5)6)12-15-11-14-9-7-8-10-16(14)23-15/h7-11,17-18,23,25H,12-13H2,1-6H3,(H,24,27)/t17-,18-/m0/s1. The lowest BCUT2D eigenvalue weighted by Crippen LogP contribution is -2.47. The molecular formula is C22H32N2O5. The van der Waals surface area contributed by atoms with Crippen LogP contribution >= 0.6 is 0 Å². The molecule has 1 aromatic heterocycles. The topological polar surface area (TPSA) is 101 Å². The highest BCUT2D eigenvalue weighted by Crippen LogP contribution is 2.18. The number of carbonyl (C=O) groups excluding carboxylic acids is 2. The van der Waals surface area contributed by atoms with Gasteiger partial charge in [-0.15, -0.1) is 0 Å². The summed E-state index contributed by atoms with van der Waals surface area (Å²) in [6.07, 6.45) is -1.72. The summed E-state index contributed by atoms with van der Waals surface area (Å²) >= 11 is 0. The van der Waals surface area contributed by atoms with Gasteiger partial charge in [-0.2, -0.15) is 0 Å². The van der Waals surface area contributed by atoms with Gasteiger partial charge in [0.05, 0.1) is 18.6 Å². The number of nitrogens with one attached hydrogen (secondary N) is 2. The van der Waals surface area contributed by atoms with Gasteiger partial charge in [-0.1, -0.05) is 18.2 Å². The second kappa shape index (κ2) is 8.86. The summed E-state index contributed by atoms with van der Waals surface area (Å²) in [5.41, 5.74) is 0.462. The Morgan fingerprint density at radius 1 is 1.07 bits per heavy atom. The Balaban J connectivity index is 2.15. The summed E-state index contributed by atoms with van der Waals surface area (Å²) < 4.78 is 10.6. The maximum atomic E-state index is 12.3. The van der Waals surface area contributed by atoms with E-state index in [0.717, 1.165) is 16.6 Å². The molecule has 1 aromatic carbocycles. The first-order valence-electron chi connectivity index (χ1n) is 9.78. The fourth-order valence-electron chi connectivity index (χ4n) is 2.92. The molecule has 0 saturated carbocycles. The zero-order valence-corrected chi connectivity index (χ0v) is 18.0. The molecule has 0 saturated heterocycles. The van der Waals surface area contributed by atoms with E-state index in [1.807, 2.05) is 30.3 Å². The molecule has 2 aromatic rings. The van der Waals surface area contributed by atoms with Crippen LogP contribution in [-0.2, 0) is 20.7 Å². The number of aromatic amines is 1. The third kappa shape index (κ3) is 7.77. The lowest BCUT2D eigenvalue weighted by molar-refractivity contribution is -0.157. The summed E-state index contributed by atoms with van der Waals surface area (Å²) in [4.78, 5) is 27.7. The Hall–Kier alpha value is -2.54. The molecule has 160 valence electrons. The first-order chi connectivity index (χ1) is 13.3. The molecule has 1 heterocycles. The van der Waals surface area contributed by atoms with E-state index in [1.54, 1.807) is 41.5 Å². The van der Waals surface area contributed by atoms with Crippen molar-refractivity contribution >= 4 is 23.0 Å². The maximum Gasteiger partial charge on any atom is 0.407 e. The van der Waals surface area contributed by atoms with Crippen LogP contribution < -0.4 is 5.32 Å². The summed E-state index contributed by atoms with van der Waals surface area (Å²) in [7, 11) is 0. The molecule has 0 fully saturated rings. The first-order valence-corrected chi connectivity index (χ1v) is 9.78. The number of hydrogen-bond acceptors (Lipinski definition) is 5. The number of ether oxygens (including phenoxy) is 2. The monoisotopic (exact) mass is 404 g/mol. The van der Waals surface area contributed by atoms with Gasteiger partial charge in [-0.3, -0.25) is 4.79 Å². The Morgan fingerprint density at radius 3 is 2.28 bits per heavy atom. The van der Waals surface area contributed by atoms with E-state index in [2.05, 4.69) is 10.3 Å². The number of aromatic nitrogens is 1. The Kier molecular flexibility index (Phi) is 6.95. The number of benzene rings is 1. The number of rotatable bonds is 6. The van der Waals surface area contributed by atoms with Crippen LogP contribution in [0.15, 0.2) is 30.3 Å². The summed E-state index contributed by atoms with van der Waals surface area (Å²) in [5, 5.41) is 14.4. The van der Waals surface area contributed by atoms with E-state index >= 15 is 0 Å². The lowest BCUT2D eigenvalue weighted by atomic mass is 10.0. The molecular weight excluding hydrogens is 372 g/mol. The number of hydrogen-bond donors (Lipinski definition) is 3. The van der Waals surface area contributed by atoms with Gasteiger partial charge in [0.25, 0.3) is 0 Å². The van der Waals surface area contributed by atoms with Crippen molar-refractivity contribution in [1.29, 1.82) is 0 Å². The summed E-state index contributed by atoms with van der Waals surface area (Å²) in [5.74, 6) is -0.530. The largest absolute Gasteiger partial charge is 0.460 e. The molecule has 0 bridgehead atoms. The molecule has 2 rings (SSSR count). The van der Waals surface area contributed by atoms with Crippen molar-refractivity contribution in [3.05, 3.63) is 36.0 Å². The maximum absolute atomic E-state index is 12.3. The Bertz CT molecular complexity index is 812. The number of H-pyrrole nitrogens is 1. The quantitative estimate of drug-likeness (QED) is 0.638. The normalized spacial score (nSPS) is 14.3. The average molecular weight is 405 g/mol. The van der Waals surface area contributed by atoms with Crippen LogP contribution in [-0.4, -0.2) is 45.5 Å². The number of fused-ring (bicyclic) bond motifs is 1. The fraction of sp³-hybridized carbons (Fsp3) is 0.545. The van der Waals surface area contributed by atoms with Gasteiger partial charge in [0.1, 0.15) is 11.2 Å². The predicted octanol–water partition coefficient (Wildman–Crippen LogP) is 3.70. The van der Waals surface area contributed by atoms with Gasteiger partial charge >= 0.3 is 12.1 Å². The highest BCUT2D eigenvalue weighted by molar-refractivity contribution is 5.80. The highest BCUT2D eigenvalue weighted by Gasteiger charge is 2.29. The Labute approximate surface area is 171 Å². The van der Waals surface area contributed by atoms with Crippen molar-refractivity contribution in [2.24, 2.45) is 0 Å². The number of alkyl carbamates (subject to hydrolysis) is 1. The molecule has 29 heavy (non-hydrogen) atoms. The van der Waals surface area contributed by atoms with Crippen molar-refractivity contribution in [2.75, 3.05) is 0 Å². The molecule has 0 aliphatic heterocycles. The van der Waals surface area contributed by atoms with Crippen molar-refractivity contribution in [3.63, 3.8) is 0 Å². The smallest absolute Gasteiger partial charge is 0.407 e. The van der Waals surface area contributed by atoms with Crippen molar-refractivity contribution in [1.82, 2.24) is 10.3 Å². The van der Waals surface area contributed by atoms with Gasteiger partial charge in [-0.05, 0) is 59.1 Å². The number of aliphatic hydroxyl groups excluding tert-OH is 1. The van der Waals surface area contributed by atoms with Crippen LogP contribution in [0.1, 0.15) is 53.7 Å². The zero-order chi connectivity index (χ0) is 21.8. The van der Waals surface area contributed by atoms with Crippen LogP contribution in [0.2, 0.25) is 0 Å². The fourth-order valence-corrected chi connectivity index (χ4v) is 2.92. The van der Waals surface area contributed by atoms with Crippen LogP contribution in [0.25, 0.3) is 10.9 Å². The van der Waals surface area contributed by atoms with Crippen molar-refractivity contribution < 1.29 is 24.2 Å².